The van der Waals surface area contributed by atoms with Crippen LogP contribution in [0.5, 0.6) is 5.75 Å². The van der Waals surface area contributed by atoms with Crippen LogP contribution in [-0.4, -0.2) is 55.2 Å². The molecule has 0 unspecified atom stereocenters. The van der Waals surface area contributed by atoms with Gasteiger partial charge in [0.25, 0.3) is 0 Å². The van der Waals surface area contributed by atoms with Gasteiger partial charge >= 0.3 is 0 Å². The molecular weight excluding hydrogens is 334 g/mol. The number of benzene rings is 1. The molecule has 2 bridgehead atoms. The predicted molar refractivity (Wildman–Crippen MR) is 94.7 cm³/mol. The number of ether oxygens (including phenoxy) is 2. The summed E-state index contributed by atoms with van der Waals surface area (Å²) < 4.78 is 16.6. The second-order valence-corrected chi connectivity index (χ2v) is 6.88. The molecule has 2 aromatic rings. The Morgan fingerprint density at radius 1 is 1.27 bits per heavy atom. The van der Waals surface area contributed by atoms with Crippen LogP contribution in [0.1, 0.15) is 11.5 Å². The van der Waals surface area contributed by atoms with Gasteiger partial charge in [0.15, 0.2) is 0 Å². The molecule has 2 saturated heterocycles. The molecule has 7 heteroatoms. The molecular formula is C19H23N3O4. The van der Waals surface area contributed by atoms with Crippen molar-refractivity contribution in [3.8, 4) is 17.2 Å². The van der Waals surface area contributed by atoms with Crippen LogP contribution in [-0.2, 0) is 16.1 Å². The van der Waals surface area contributed by atoms with Crippen molar-refractivity contribution in [3.05, 3.63) is 35.7 Å². The van der Waals surface area contributed by atoms with E-state index in [-0.39, 0.29) is 17.9 Å². The van der Waals surface area contributed by atoms with Gasteiger partial charge in [-0.1, -0.05) is 0 Å². The Hall–Kier alpha value is -2.38. The van der Waals surface area contributed by atoms with Gasteiger partial charge in [0.2, 0.25) is 11.8 Å². The Balaban J connectivity index is 1.51. The third-order valence-corrected chi connectivity index (χ3v) is 4.92. The minimum Gasteiger partial charge on any atom is -0.497 e. The number of hydrogen-bond acceptors (Lipinski definition) is 6. The zero-order valence-electron chi connectivity index (χ0n) is 15.0. The van der Waals surface area contributed by atoms with Crippen LogP contribution in [0.15, 0.2) is 28.7 Å². The SMILES string of the molecule is COc1ccc(-c2nc(CN3C[C@H]4COC[C@@H](C3)C(=O)N4)c(C)o2)cc1. The first kappa shape index (κ1) is 17.1. The van der Waals surface area contributed by atoms with Crippen LogP contribution in [0.2, 0.25) is 0 Å². The molecule has 26 heavy (non-hydrogen) atoms. The Morgan fingerprint density at radius 2 is 2.08 bits per heavy atom. The van der Waals surface area contributed by atoms with Gasteiger partial charge in [-0.2, -0.15) is 0 Å². The van der Waals surface area contributed by atoms with Crippen LogP contribution < -0.4 is 10.1 Å². The zero-order valence-corrected chi connectivity index (χ0v) is 15.0. The van der Waals surface area contributed by atoms with Gasteiger partial charge < -0.3 is 19.2 Å². The van der Waals surface area contributed by atoms with E-state index in [9.17, 15) is 4.79 Å². The minimum atomic E-state index is -0.129. The number of nitrogens with zero attached hydrogens (tertiary/aromatic N) is 2. The Labute approximate surface area is 152 Å². The smallest absolute Gasteiger partial charge is 0.227 e. The highest BCUT2D eigenvalue weighted by molar-refractivity contribution is 5.80. The standard InChI is InChI=1S/C19H23N3O4/c1-12-17(21-19(26-12)13-3-5-16(24-2)6-4-13)9-22-7-14-10-25-11-15(8-22)20-18(14)23/h3-6,14-15H,7-11H2,1-2H3,(H,20,23)/t14-,15+/m1/s1. The van der Waals surface area contributed by atoms with Crippen LogP contribution in [0, 0.1) is 12.8 Å². The first-order valence-electron chi connectivity index (χ1n) is 8.83. The normalized spacial score (nSPS) is 23.4. The monoisotopic (exact) mass is 357 g/mol. The van der Waals surface area contributed by atoms with Crippen molar-refractivity contribution in [3.63, 3.8) is 0 Å². The summed E-state index contributed by atoms with van der Waals surface area (Å²) in [6.45, 7) is 5.06. The fourth-order valence-electron chi connectivity index (χ4n) is 3.49. The zero-order chi connectivity index (χ0) is 18.1. The largest absolute Gasteiger partial charge is 0.497 e. The van der Waals surface area contributed by atoms with Gasteiger partial charge in [0, 0.05) is 25.2 Å². The number of aromatic nitrogens is 1. The first-order chi connectivity index (χ1) is 12.6. The van der Waals surface area contributed by atoms with E-state index in [1.54, 1.807) is 7.11 Å². The summed E-state index contributed by atoms with van der Waals surface area (Å²) in [4.78, 5) is 19.1. The van der Waals surface area contributed by atoms with Gasteiger partial charge in [-0.15, -0.1) is 0 Å². The maximum Gasteiger partial charge on any atom is 0.227 e. The number of oxazole rings is 1. The Kier molecular flexibility index (Phi) is 4.65. The molecule has 1 amide bonds. The lowest BCUT2D eigenvalue weighted by molar-refractivity contribution is -0.125. The molecule has 0 radical (unpaired) electrons. The number of rotatable bonds is 4. The molecule has 7 nitrogen and oxygen atoms in total. The Morgan fingerprint density at radius 3 is 2.85 bits per heavy atom. The highest BCUT2D eigenvalue weighted by Gasteiger charge is 2.33. The van der Waals surface area contributed by atoms with E-state index in [1.807, 2.05) is 31.2 Å². The quantitative estimate of drug-likeness (QED) is 0.896. The average molecular weight is 357 g/mol. The fraction of sp³-hybridized carbons (Fsp3) is 0.474. The Bertz CT molecular complexity index is 787. The molecule has 4 rings (SSSR count). The van der Waals surface area contributed by atoms with E-state index in [0.29, 0.717) is 32.2 Å². The molecule has 1 aromatic heterocycles. The molecule has 2 aliphatic rings. The lowest BCUT2D eigenvalue weighted by atomic mass is 10.1. The molecule has 2 atom stereocenters. The van der Waals surface area contributed by atoms with Gasteiger partial charge in [0.05, 0.1) is 38.0 Å². The van der Waals surface area contributed by atoms with Gasteiger partial charge in [-0.25, -0.2) is 4.98 Å². The van der Waals surface area contributed by atoms with E-state index in [2.05, 4.69) is 15.2 Å². The van der Waals surface area contributed by atoms with Crippen LogP contribution in [0.25, 0.3) is 11.5 Å². The van der Waals surface area contributed by atoms with Crippen LogP contribution in [0.3, 0.4) is 0 Å². The summed E-state index contributed by atoms with van der Waals surface area (Å²) >= 11 is 0. The lowest BCUT2D eigenvalue weighted by Crippen LogP contribution is -2.41. The highest BCUT2D eigenvalue weighted by Crippen LogP contribution is 2.25. The predicted octanol–water partition coefficient (Wildman–Crippen LogP) is 1.61. The third-order valence-electron chi connectivity index (χ3n) is 4.92. The number of aryl methyl sites for hydroxylation is 1. The molecule has 0 spiro atoms. The summed E-state index contributed by atoms with van der Waals surface area (Å²) in [6.07, 6.45) is 0. The molecule has 2 aliphatic heterocycles. The summed E-state index contributed by atoms with van der Waals surface area (Å²) in [5, 5.41) is 3.05. The van der Waals surface area contributed by atoms with E-state index >= 15 is 0 Å². The summed E-state index contributed by atoms with van der Waals surface area (Å²) in [5.74, 6) is 2.17. The first-order valence-corrected chi connectivity index (χ1v) is 8.83. The molecule has 138 valence electrons. The number of carbonyl (C=O) groups excluding carboxylic acids is 1. The van der Waals surface area contributed by atoms with Crippen molar-refractivity contribution in [1.82, 2.24) is 15.2 Å². The van der Waals surface area contributed by atoms with Crippen molar-refractivity contribution in [2.24, 2.45) is 5.92 Å². The molecule has 1 aromatic carbocycles. The average Bonchev–Trinajstić information content (AvgIpc) is 2.79. The van der Waals surface area contributed by atoms with E-state index in [1.165, 1.54) is 0 Å². The topological polar surface area (TPSA) is 76.8 Å². The van der Waals surface area contributed by atoms with Crippen molar-refractivity contribution in [1.29, 1.82) is 0 Å². The maximum atomic E-state index is 12.1. The number of nitrogens with one attached hydrogen (secondary N) is 1. The van der Waals surface area contributed by atoms with Gasteiger partial charge in [-0.3, -0.25) is 9.69 Å². The van der Waals surface area contributed by atoms with Gasteiger partial charge in [-0.05, 0) is 31.2 Å². The number of hydrogen-bond donors (Lipinski definition) is 1. The van der Waals surface area contributed by atoms with E-state index in [4.69, 9.17) is 13.9 Å². The molecule has 0 aliphatic carbocycles. The number of fused-ring (bicyclic) bond motifs is 3. The van der Waals surface area contributed by atoms with Crippen molar-refractivity contribution >= 4 is 5.91 Å². The second-order valence-electron chi connectivity index (χ2n) is 6.88. The maximum absolute atomic E-state index is 12.1. The molecule has 2 fully saturated rings. The number of amides is 1. The molecule has 3 heterocycles. The fourth-order valence-corrected chi connectivity index (χ4v) is 3.49. The van der Waals surface area contributed by atoms with Crippen molar-refractivity contribution in [2.45, 2.75) is 19.5 Å². The van der Waals surface area contributed by atoms with E-state index < -0.39 is 0 Å². The minimum absolute atomic E-state index is 0.0308. The number of methoxy groups -OCH3 is 1. The highest BCUT2D eigenvalue weighted by atomic mass is 16.5. The third kappa shape index (κ3) is 3.45. The van der Waals surface area contributed by atoms with Crippen molar-refractivity contribution < 1.29 is 18.7 Å². The summed E-state index contributed by atoms with van der Waals surface area (Å²) in [6, 6.07) is 7.68. The van der Waals surface area contributed by atoms with Crippen molar-refractivity contribution in [2.75, 3.05) is 33.4 Å². The van der Waals surface area contributed by atoms with Crippen LogP contribution in [0.4, 0.5) is 0 Å². The van der Waals surface area contributed by atoms with Crippen LogP contribution >= 0.6 is 0 Å². The second kappa shape index (κ2) is 7.09. The summed E-state index contributed by atoms with van der Waals surface area (Å²) in [7, 11) is 1.64. The number of carbonyl (C=O) groups is 1. The van der Waals surface area contributed by atoms with Gasteiger partial charge in [0.1, 0.15) is 11.5 Å². The summed E-state index contributed by atoms with van der Waals surface area (Å²) in [5.41, 5.74) is 1.82. The molecule has 1 N–H and O–H groups in total. The molecule has 0 saturated carbocycles. The van der Waals surface area contributed by atoms with E-state index in [0.717, 1.165) is 29.3 Å². The lowest BCUT2D eigenvalue weighted by Gasteiger charge is -2.26.